The van der Waals surface area contributed by atoms with E-state index in [0.29, 0.717) is 16.6 Å². The highest BCUT2D eigenvalue weighted by Gasteiger charge is 2.13. The molecule has 0 unspecified atom stereocenters. The van der Waals surface area contributed by atoms with Crippen molar-refractivity contribution < 1.29 is 0 Å². The maximum absolute atomic E-state index is 9.02. The Morgan fingerprint density at radius 1 is 1.53 bits per heavy atom. The fourth-order valence-corrected chi connectivity index (χ4v) is 2.39. The molecule has 1 heterocycles. The lowest BCUT2D eigenvalue weighted by Gasteiger charge is -2.12. The van der Waals surface area contributed by atoms with Crippen molar-refractivity contribution in [2.45, 2.75) is 25.3 Å². The van der Waals surface area contributed by atoms with E-state index in [0.717, 1.165) is 25.2 Å². The zero-order valence-corrected chi connectivity index (χ0v) is 10.4. The SMILES string of the molecule is N#Cc1c(Cl)cccc1NCC[C@H]1CCCN1. The molecule has 1 aromatic carbocycles. The summed E-state index contributed by atoms with van der Waals surface area (Å²) < 4.78 is 0. The molecule has 0 bridgehead atoms. The predicted molar refractivity (Wildman–Crippen MR) is 70.3 cm³/mol. The summed E-state index contributed by atoms with van der Waals surface area (Å²) in [4.78, 5) is 0. The Morgan fingerprint density at radius 3 is 3.12 bits per heavy atom. The Bertz CT molecular complexity index is 419. The van der Waals surface area contributed by atoms with Gasteiger partial charge in [0.05, 0.1) is 16.3 Å². The van der Waals surface area contributed by atoms with Crippen LogP contribution in [0.5, 0.6) is 0 Å². The highest BCUT2D eigenvalue weighted by atomic mass is 35.5. The highest BCUT2D eigenvalue weighted by molar-refractivity contribution is 6.32. The van der Waals surface area contributed by atoms with E-state index in [1.54, 1.807) is 6.07 Å². The fraction of sp³-hybridized carbons (Fsp3) is 0.462. The van der Waals surface area contributed by atoms with Crippen LogP contribution in [-0.4, -0.2) is 19.1 Å². The molecule has 1 aliphatic heterocycles. The molecule has 0 aliphatic carbocycles. The zero-order valence-electron chi connectivity index (χ0n) is 9.67. The molecule has 0 saturated carbocycles. The second kappa shape index (κ2) is 5.90. The molecular formula is C13H16ClN3. The molecule has 0 radical (unpaired) electrons. The lowest BCUT2D eigenvalue weighted by molar-refractivity contribution is 0.574. The third-order valence-electron chi connectivity index (χ3n) is 3.10. The number of rotatable bonds is 4. The van der Waals surface area contributed by atoms with Crippen molar-refractivity contribution in [3.8, 4) is 6.07 Å². The summed E-state index contributed by atoms with van der Waals surface area (Å²) in [6, 6.07) is 8.25. The van der Waals surface area contributed by atoms with Gasteiger partial charge in [-0.2, -0.15) is 5.26 Å². The van der Waals surface area contributed by atoms with Crippen molar-refractivity contribution in [1.29, 1.82) is 5.26 Å². The molecule has 1 atom stereocenters. The first-order valence-corrected chi connectivity index (χ1v) is 6.35. The third-order valence-corrected chi connectivity index (χ3v) is 3.41. The Kier molecular flexibility index (Phi) is 4.24. The van der Waals surface area contributed by atoms with E-state index in [9.17, 15) is 0 Å². The normalized spacial score (nSPS) is 18.9. The second-order valence-electron chi connectivity index (χ2n) is 4.28. The average Bonchev–Trinajstić information content (AvgIpc) is 2.82. The standard InChI is InChI=1S/C13H16ClN3/c14-12-4-1-5-13(11(12)9-15)17-8-6-10-3-2-7-16-10/h1,4-5,10,16-17H,2-3,6-8H2/t10-/m1/s1. The van der Waals surface area contributed by atoms with Crippen molar-refractivity contribution in [2.24, 2.45) is 0 Å². The van der Waals surface area contributed by atoms with Crippen LogP contribution in [0.15, 0.2) is 18.2 Å². The molecule has 0 spiro atoms. The van der Waals surface area contributed by atoms with Crippen LogP contribution in [0.3, 0.4) is 0 Å². The van der Waals surface area contributed by atoms with E-state index in [1.165, 1.54) is 12.8 Å². The van der Waals surface area contributed by atoms with Crippen molar-refractivity contribution >= 4 is 17.3 Å². The second-order valence-corrected chi connectivity index (χ2v) is 4.69. The van der Waals surface area contributed by atoms with Gasteiger partial charge in [0.25, 0.3) is 0 Å². The summed E-state index contributed by atoms with van der Waals surface area (Å²) in [5.74, 6) is 0. The maximum Gasteiger partial charge on any atom is 0.103 e. The lowest BCUT2D eigenvalue weighted by atomic mass is 10.1. The van der Waals surface area contributed by atoms with Gasteiger partial charge in [-0.3, -0.25) is 0 Å². The molecular weight excluding hydrogens is 234 g/mol. The molecule has 0 aromatic heterocycles. The molecule has 0 amide bonds. The topological polar surface area (TPSA) is 47.9 Å². The van der Waals surface area contributed by atoms with E-state index in [2.05, 4.69) is 16.7 Å². The van der Waals surface area contributed by atoms with Gasteiger partial charge in [-0.15, -0.1) is 0 Å². The quantitative estimate of drug-likeness (QED) is 0.863. The van der Waals surface area contributed by atoms with Gasteiger partial charge >= 0.3 is 0 Å². The van der Waals surface area contributed by atoms with E-state index in [-0.39, 0.29) is 0 Å². The van der Waals surface area contributed by atoms with Crippen molar-refractivity contribution in [3.63, 3.8) is 0 Å². The first kappa shape index (κ1) is 12.2. The number of nitriles is 1. The van der Waals surface area contributed by atoms with Crippen LogP contribution >= 0.6 is 11.6 Å². The van der Waals surface area contributed by atoms with Gasteiger partial charge in [-0.05, 0) is 37.9 Å². The third kappa shape index (κ3) is 3.12. The first-order chi connectivity index (χ1) is 8.31. The molecule has 17 heavy (non-hydrogen) atoms. The van der Waals surface area contributed by atoms with Crippen LogP contribution in [0.4, 0.5) is 5.69 Å². The minimum absolute atomic E-state index is 0.511. The predicted octanol–water partition coefficient (Wildman–Crippen LogP) is 2.77. The van der Waals surface area contributed by atoms with Crippen molar-refractivity contribution in [1.82, 2.24) is 5.32 Å². The number of hydrogen-bond acceptors (Lipinski definition) is 3. The average molecular weight is 250 g/mol. The van der Waals surface area contributed by atoms with E-state index >= 15 is 0 Å². The molecule has 3 nitrogen and oxygen atoms in total. The minimum atomic E-state index is 0.511. The number of nitrogens with one attached hydrogen (secondary N) is 2. The van der Waals surface area contributed by atoms with Crippen LogP contribution < -0.4 is 10.6 Å². The maximum atomic E-state index is 9.02. The summed E-state index contributed by atoms with van der Waals surface area (Å²) in [5, 5.41) is 16.3. The summed E-state index contributed by atoms with van der Waals surface area (Å²) >= 11 is 5.96. The van der Waals surface area contributed by atoms with Crippen LogP contribution in [-0.2, 0) is 0 Å². The van der Waals surface area contributed by atoms with Gasteiger partial charge in [-0.1, -0.05) is 17.7 Å². The summed E-state index contributed by atoms with van der Waals surface area (Å²) in [5.41, 5.74) is 1.37. The van der Waals surface area contributed by atoms with E-state index < -0.39 is 0 Å². The van der Waals surface area contributed by atoms with Gasteiger partial charge in [0.15, 0.2) is 0 Å². The van der Waals surface area contributed by atoms with Gasteiger partial charge in [0, 0.05) is 12.6 Å². The van der Waals surface area contributed by atoms with Gasteiger partial charge in [0.2, 0.25) is 0 Å². The zero-order chi connectivity index (χ0) is 12.1. The number of anilines is 1. The highest BCUT2D eigenvalue weighted by Crippen LogP contribution is 2.23. The molecule has 2 rings (SSSR count). The number of halogens is 1. The molecule has 1 aliphatic rings. The van der Waals surface area contributed by atoms with Gasteiger partial charge in [-0.25, -0.2) is 0 Å². The molecule has 1 aromatic rings. The minimum Gasteiger partial charge on any atom is -0.384 e. The smallest absolute Gasteiger partial charge is 0.103 e. The van der Waals surface area contributed by atoms with Crippen LogP contribution in [0.25, 0.3) is 0 Å². The summed E-state index contributed by atoms with van der Waals surface area (Å²) in [7, 11) is 0. The summed E-state index contributed by atoms with van der Waals surface area (Å²) in [6.45, 7) is 2.00. The fourth-order valence-electron chi connectivity index (χ4n) is 2.17. The monoisotopic (exact) mass is 249 g/mol. The van der Waals surface area contributed by atoms with E-state index in [4.69, 9.17) is 16.9 Å². The Balaban J connectivity index is 1.90. The molecule has 1 saturated heterocycles. The molecule has 1 fully saturated rings. The Morgan fingerprint density at radius 2 is 2.41 bits per heavy atom. The number of hydrogen-bond donors (Lipinski definition) is 2. The molecule has 4 heteroatoms. The first-order valence-electron chi connectivity index (χ1n) is 5.97. The van der Waals surface area contributed by atoms with Crippen molar-refractivity contribution in [3.05, 3.63) is 28.8 Å². The number of nitrogens with zero attached hydrogens (tertiary/aromatic N) is 1. The van der Waals surface area contributed by atoms with E-state index in [1.807, 2.05) is 12.1 Å². The van der Waals surface area contributed by atoms with Crippen LogP contribution in [0, 0.1) is 11.3 Å². The molecule has 2 N–H and O–H groups in total. The number of benzene rings is 1. The van der Waals surface area contributed by atoms with Gasteiger partial charge in [0.1, 0.15) is 6.07 Å². The molecule has 90 valence electrons. The van der Waals surface area contributed by atoms with Crippen LogP contribution in [0.1, 0.15) is 24.8 Å². The summed E-state index contributed by atoms with van der Waals surface area (Å²) in [6.07, 6.45) is 3.60. The van der Waals surface area contributed by atoms with Crippen LogP contribution in [0.2, 0.25) is 5.02 Å². The Hall–Kier alpha value is -1.24. The van der Waals surface area contributed by atoms with Gasteiger partial charge < -0.3 is 10.6 Å². The Labute approximate surface area is 107 Å². The largest absolute Gasteiger partial charge is 0.384 e. The lowest BCUT2D eigenvalue weighted by Crippen LogP contribution is -2.24. The van der Waals surface area contributed by atoms with Crippen molar-refractivity contribution in [2.75, 3.05) is 18.4 Å².